The van der Waals surface area contributed by atoms with Crippen LogP contribution in [-0.4, -0.2) is 12.6 Å². The summed E-state index contributed by atoms with van der Waals surface area (Å²) in [6.07, 6.45) is 1.67. The number of nitriles is 1. The monoisotopic (exact) mass is 556 g/mol. The number of aryl methyl sites for hydroxylation is 1. The lowest BCUT2D eigenvalue weighted by molar-refractivity contribution is 0.0702. The van der Waals surface area contributed by atoms with Gasteiger partial charge in [-0.15, -0.1) is 0 Å². The zero-order valence-corrected chi connectivity index (χ0v) is 21.4. The van der Waals surface area contributed by atoms with Gasteiger partial charge in [0.2, 0.25) is 11.6 Å². The number of benzene rings is 3. The molecule has 8 heteroatoms. The quantitative estimate of drug-likeness (QED) is 0.164. The minimum absolute atomic E-state index is 0.00540. The second kappa shape index (κ2) is 9.88. The van der Waals surface area contributed by atoms with E-state index in [1.54, 1.807) is 37.3 Å². The molecule has 5 rings (SSSR count). The van der Waals surface area contributed by atoms with Crippen LogP contribution in [0.2, 0.25) is 0 Å². The normalized spacial score (nSPS) is 14.5. The van der Waals surface area contributed by atoms with Crippen LogP contribution in [-0.2, 0) is 0 Å². The van der Waals surface area contributed by atoms with Crippen molar-refractivity contribution in [1.82, 2.24) is 0 Å². The number of hydrogen-bond donors (Lipinski definition) is 1. The Morgan fingerprint density at radius 3 is 2.65 bits per heavy atom. The SMILES string of the molecule is C=CCOc1ccc(C2C(C#N)=C(N)Oc3cc(OC(=O)c4oc5ccc(Br)cc5c4C)ccc32)cc1. The van der Waals surface area contributed by atoms with Gasteiger partial charge in [0, 0.05) is 27.1 Å². The number of hydrogen-bond acceptors (Lipinski definition) is 7. The van der Waals surface area contributed by atoms with Crippen LogP contribution in [0.3, 0.4) is 0 Å². The lowest BCUT2D eigenvalue weighted by Gasteiger charge is -2.26. The Bertz CT molecular complexity index is 1610. The molecule has 184 valence electrons. The molecule has 3 aromatic carbocycles. The minimum atomic E-state index is -0.631. The number of rotatable bonds is 6. The average Bonchev–Trinajstić information content (AvgIpc) is 3.22. The van der Waals surface area contributed by atoms with E-state index in [1.165, 1.54) is 0 Å². The Balaban J connectivity index is 1.45. The second-order valence-corrected chi connectivity index (χ2v) is 9.30. The minimum Gasteiger partial charge on any atom is -0.490 e. The lowest BCUT2D eigenvalue weighted by atomic mass is 9.83. The van der Waals surface area contributed by atoms with Crippen LogP contribution in [0.5, 0.6) is 17.2 Å². The Hall–Kier alpha value is -4.48. The highest BCUT2D eigenvalue weighted by molar-refractivity contribution is 9.10. The zero-order valence-electron chi connectivity index (χ0n) is 19.8. The van der Waals surface area contributed by atoms with Gasteiger partial charge in [0.15, 0.2) is 0 Å². The molecule has 7 nitrogen and oxygen atoms in total. The van der Waals surface area contributed by atoms with E-state index in [-0.39, 0.29) is 17.4 Å². The molecule has 0 spiro atoms. The molecular formula is C29H21BrN2O5. The number of ether oxygens (including phenoxy) is 3. The third kappa shape index (κ3) is 4.57. The maximum absolute atomic E-state index is 12.9. The van der Waals surface area contributed by atoms with Crippen molar-refractivity contribution in [1.29, 1.82) is 5.26 Å². The number of halogens is 1. The van der Waals surface area contributed by atoms with Crippen LogP contribution in [0, 0.1) is 18.3 Å². The molecule has 2 heterocycles. The molecule has 0 fully saturated rings. The van der Waals surface area contributed by atoms with Crippen LogP contribution in [0.15, 0.2) is 93.7 Å². The molecule has 0 saturated heterocycles. The summed E-state index contributed by atoms with van der Waals surface area (Å²) < 4.78 is 23.6. The van der Waals surface area contributed by atoms with Crippen molar-refractivity contribution in [2.75, 3.05) is 6.61 Å². The Kier molecular flexibility index (Phi) is 6.47. The fraction of sp³-hybridized carbons (Fsp3) is 0.103. The summed E-state index contributed by atoms with van der Waals surface area (Å²) in [5.41, 5.74) is 9.24. The first-order chi connectivity index (χ1) is 17.9. The summed E-state index contributed by atoms with van der Waals surface area (Å²) in [6.45, 7) is 5.84. The summed E-state index contributed by atoms with van der Waals surface area (Å²) in [5, 5.41) is 10.6. The predicted octanol–water partition coefficient (Wildman–Crippen LogP) is 6.51. The largest absolute Gasteiger partial charge is 0.490 e. The Labute approximate surface area is 221 Å². The van der Waals surface area contributed by atoms with Gasteiger partial charge in [-0.3, -0.25) is 0 Å². The predicted molar refractivity (Wildman–Crippen MR) is 141 cm³/mol. The van der Waals surface area contributed by atoms with Gasteiger partial charge in [-0.1, -0.05) is 46.8 Å². The van der Waals surface area contributed by atoms with E-state index in [1.807, 2.05) is 36.4 Å². The first kappa shape index (κ1) is 24.2. The molecule has 0 saturated carbocycles. The zero-order chi connectivity index (χ0) is 26.1. The van der Waals surface area contributed by atoms with Crippen molar-refractivity contribution < 1.29 is 23.4 Å². The molecule has 2 N–H and O–H groups in total. The Morgan fingerprint density at radius 2 is 1.92 bits per heavy atom. The van der Waals surface area contributed by atoms with Crippen LogP contribution in [0.25, 0.3) is 11.0 Å². The molecule has 1 unspecified atom stereocenters. The third-order valence-corrected chi connectivity index (χ3v) is 6.56. The molecule has 0 aliphatic carbocycles. The third-order valence-electron chi connectivity index (χ3n) is 6.07. The molecule has 0 amide bonds. The topological polar surface area (TPSA) is 108 Å². The highest BCUT2D eigenvalue weighted by Crippen LogP contribution is 2.43. The smallest absolute Gasteiger partial charge is 0.379 e. The molecule has 0 radical (unpaired) electrons. The van der Waals surface area contributed by atoms with E-state index in [0.29, 0.717) is 34.8 Å². The van der Waals surface area contributed by atoms with Crippen molar-refractivity contribution >= 4 is 32.9 Å². The van der Waals surface area contributed by atoms with Gasteiger partial charge < -0.3 is 24.4 Å². The lowest BCUT2D eigenvalue weighted by Crippen LogP contribution is -2.21. The summed E-state index contributed by atoms with van der Waals surface area (Å²) >= 11 is 3.44. The van der Waals surface area contributed by atoms with Gasteiger partial charge in [0.1, 0.15) is 41.1 Å². The van der Waals surface area contributed by atoms with Crippen molar-refractivity contribution in [2.45, 2.75) is 12.8 Å². The van der Waals surface area contributed by atoms with Gasteiger partial charge in [-0.05, 0) is 48.9 Å². The summed E-state index contributed by atoms with van der Waals surface area (Å²) in [7, 11) is 0. The van der Waals surface area contributed by atoms with E-state index in [9.17, 15) is 10.1 Å². The summed E-state index contributed by atoms with van der Waals surface area (Å²) in [4.78, 5) is 12.9. The Morgan fingerprint density at radius 1 is 1.16 bits per heavy atom. The fourth-order valence-electron chi connectivity index (χ4n) is 4.29. The number of nitrogens with two attached hydrogens (primary N) is 1. The van der Waals surface area contributed by atoms with Gasteiger partial charge in [-0.2, -0.15) is 5.26 Å². The molecule has 1 aliphatic rings. The van der Waals surface area contributed by atoms with Crippen molar-refractivity contribution in [3.8, 4) is 23.3 Å². The number of fused-ring (bicyclic) bond motifs is 2. The molecule has 0 bridgehead atoms. The first-order valence-electron chi connectivity index (χ1n) is 11.4. The second-order valence-electron chi connectivity index (χ2n) is 8.38. The first-order valence-corrected chi connectivity index (χ1v) is 12.1. The summed E-state index contributed by atoms with van der Waals surface area (Å²) in [5.74, 6) is 0.357. The highest BCUT2D eigenvalue weighted by Gasteiger charge is 2.31. The van der Waals surface area contributed by atoms with E-state index in [0.717, 1.165) is 21.0 Å². The number of allylic oxidation sites excluding steroid dienone is 1. The number of furan rings is 1. The van der Waals surface area contributed by atoms with Gasteiger partial charge >= 0.3 is 5.97 Å². The maximum Gasteiger partial charge on any atom is 0.379 e. The van der Waals surface area contributed by atoms with E-state index in [2.05, 4.69) is 28.6 Å². The molecule has 1 aliphatic heterocycles. The average molecular weight is 557 g/mol. The molecular weight excluding hydrogens is 536 g/mol. The standard InChI is InChI=1S/C29H21BrN2O5/c1-3-12-34-19-7-4-17(5-8-19)26-21-10-9-20(14-25(21)37-28(32)23(26)15-31)35-29(33)27-16(2)22-13-18(30)6-11-24(22)36-27/h3-11,13-14,26H,1,12,32H2,2H3. The van der Waals surface area contributed by atoms with Crippen molar-refractivity contribution in [3.63, 3.8) is 0 Å². The van der Waals surface area contributed by atoms with E-state index < -0.39 is 11.9 Å². The number of nitrogens with zero attached hydrogens (tertiary/aromatic N) is 1. The summed E-state index contributed by atoms with van der Waals surface area (Å²) in [6, 6.07) is 20.1. The number of carbonyl (C=O) groups excluding carboxylic acids is 1. The van der Waals surface area contributed by atoms with Gasteiger partial charge in [0.05, 0.1) is 5.92 Å². The number of esters is 1. The van der Waals surface area contributed by atoms with E-state index in [4.69, 9.17) is 24.4 Å². The fourth-order valence-corrected chi connectivity index (χ4v) is 4.66. The van der Waals surface area contributed by atoms with Crippen molar-refractivity contribution in [3.05, 3.63) is 112 Å². The highest BCUT2D eigenvalue weighted by atomic mass is 79.9. The molecule has 37 heavy (non-hydrogen) atoms. The van der Waals surface area contributed by atoms with Crippen molar-refractivity contribution in [2.24, 2.45) is 5.73 Å². The van der Waals surface area contributed by atoms with E-state index >= 15 is 0 Å². The van der Waals surface area contributed by atoms with Crippen LogP contribution < -0.4 is 19.9 Å². The number of carbonyl (C=O) groups is 1. The van der Waals surface area contributed by atoms with Crippen LogP contribution >= 0.6 is 15.9 Å². The van der Waals surface area contributed by atoms with Crippen LogP contribution in [0.1, 0.15) is 33.2 Å². The van der Waals surface area contributed by atoms with Gasteiger partial charge in [-0.25, -0.2) is 4.79 Å². The molecule has 1 atom stereocenters. The molecule has 1 aromatic heterocycles. The maximum atomic E-state index is 12.9. The van der Waals surface area contributed by atoms with Gasteiger partial charge in [0.25, 0.3) is 0 Å². The van der Waals surface area contributed by atoms with Crippen LogP contribution in [0.4, 0.5) is 0 Å². The molecule has 4 aromatic rings.